The van der Waals surface area contributed by atoms with Crippen LogP contribution in [0.4, 0.5) is 0 Å². The molecule has 1 fully saturated rings. The van der Waals surface area contributed by atoms with Crippen molar-refractivity contribution < 1.29 is 17.9 Å². The number of amides is 1. The Morgan fingerprint density at radius 2 is 2.12 bits per heavy atom. The minimum Gasteiger partial charge on any atom is -0.493 e. The minimum absolute atomic E-state index is 0.0406. The first-order valence-electron chi connectivity index (χ1n) is 7.66. The van der Waals surface area contributed by atoms with Gasteiger partial charge in [-0.3, -0.25) is 4.79 Å². The van der Waals surface area contributed by atoms with Crippen LogP contribution in [0, 0.1) is 5.92 Å². The van der Waals surface area contributed by atoms with Gasteiger partial charge in [-0.05, 0) is 24.5 Å². The van der Waals surface area contributed by atoms with Gasteiger partial charge in [-0.1, -0.05) is 18.2 Å². The van der Waals surface area contributed by atoms with Crippen molar-refractivity contribution >= 4 is 15.7 Å². The van der Waals surface area contributed by atoms with Crippen LogP contribution in [-0.4, -0.2) is 49.3 Å². The zero-order valence-corrected chi connectivity index (χ0v) is 14.1. The lowest BCUT2D eigenvalue weighted by Gasteiger charge is -2.09. The fourth-order valence-electron chi connectivity index (χ4n) is 2.73. The van der Waals surface area contributed by atoms with Gasteiger partial charge >= 0.3 is 0 Å². The third-order valence-corrected chi connectivity index (χ3v) is 5.85. The topological polar surface area (TPSA) is 90.3 Å². The van der Waals surface area contributed by atoms with Gasteiger partial charge in [0, 0.05) is 6.54 Å². The number of nitrogens with zero attached hydrogens (tertiary/aromatic N) is 2. The molecule has 1 aliphatic rings. The van der Waals surface area contributed by atoms with Gasteiger partial charge in [-0.2, -0.15) is 5.10 Å². The normalized spacial score (nSPS) is 19.1. The molecular weight excluding hydrogens is 330 g/mol. The Kier molecular flexibility index (Phi) is 4.57. The predicted molar refractivity (Wildman–Crippen MR) is 89.2 cm³/mol. The lowest BCUT2D eigenvalue weighted by atomic mass is 10.1. The van der Waals surface area contributed by atoms with Crippen LogP contribution in [0.3, 0.4) is 0 Å². The summed E-state index contributed by atoms with van der Waals surface area (Å²) in [5, 5.41) is 7.05. The molecule has 1 atom stereocenters. The molecule has 0 saturated carbocycles. The van der Waals surface area contributed by atoms with E-state index >= 15 is 0 Å². The summed E-state index contributed by atoms with van der Waals surface area (Å²) in [4.78, 5) is 12.4. The second-order valence-corrected chi connectivity index (χ2v) is 8.03. The highest BCUT2D eigenvalue weighted by atomic mass is 32.2. The Bertz CT molecular complexity index is 830. The van der Waals surface area contributed by atoms with Gasteiger partial charge < -0.3 is 10.1 Å². The van der Waals surface area contributed by atoms with Gasteiger partial charge in [0.05, 0.1) is 30.5 Å². The summed E-state index contributed by atoms with van der Waals surface area (Å²) in [5.41, 5.74) is 0.999. The lowest BCUT2D eigenvalue weighted by molar-refractivity contribution is 0.0940. The summed E-state index contributed by atoms with van der Waals surface area (Å²) < 4.78 is 29.7. The van der Waals surface area contributed by atoms with E-state index in [9.17, 15) is 13.2 Å². The van der Waals surface area contributed by atoms with Gasteiger partial charge in [0.25, 0.3) is 5.91 Å². The molecule has 1 aromatic heterocycles. The largest absolute Gasteiger partial charge is 0.493 e. The number of benzene rings is 1. The molecule has 2 aromatic rings. The van der Waals surface area contributed by atoms with E-state index in [0.29, 0.717) is 18.7 Å². The first-order chi connectivity index (χ1) is 11.5. The third-order valence-electron chi connectivity index (χ3n) is 4.01. The van der Waals surface area contributed by atoms with Crippen LogP contribution < -0.4 is 10.1 Å². The molecule has 3 rings (SSSR count). The number of methoxy groups -OCH3 is 1. The first kappa shape index (κ1) is 16.5. The molecular formula is C16H19N3O4S. The summed E-state index contributed by atoms with van der Waals surface area (Å²) in [6.45, 7) is 0.319. The van der Waals surface area contributed by atoms with E-state index in [2.05, 4.69) is 10.4 Å². The van der Waals surface area contributed by atoms with Gasteiger partial charge in [0.15, 0.2) is 21.3 Å². The number of carbonyl (C=O) groups excluding carboxylic acids is 1. The summed E-state index contributed by atoms with van der Waals surface area (Å²) in [5.74, 6) is 0.282. The van der Waals surface area contributed by atoms with Gasteiger partial charge in [-0.15, -0.1) is 0 Å². The molecule has 0 aliphatic carbocycles. The van der Waals surface area contributed by atoms with Crippen molar-refractivity contribution in [2.24, 2.45) is 5.92 Å². The summed E-state index contributed by atoms with van der Waals surface area (Å²) in [6.07, 6.45) is 2.22. The summed E-state index contributed by atoms with van der Waals surface area (Å²) in [6, 6.07) is 9.40. The quantitative estimate of drug-likeness (QED) is 0.871. The van der Waals surface area contributed by atoms with Crippen LogP contribution in [-0.2, 0) is 9.84 Å². The van der Waals surface area contributed by atoms with E-state index in [1.807, 2.05) is 30.3 Å². The minimum atomic E-state index is -2.95. The molecule has 0 spiro atoms. The molecule has 0 unspecified atom stereocenters. The van der Waals surface area contributed by atoms with Crippen molar-refractivity contribution in [2.75, 3.05) is 25.2 Å². The number of hydrogen-bond donors (Lipinski definition) is 1. The van der Waals surface area contributed by atoms with E-state index in [1.54, 1.807) is 10.9 Å². The van der Waals surface area contributed by atoms with Crippen LogP contribution in [0.25, 0.3) is 5.69 Å². The monoisotopic (exact) mass is 349 g/mol. The number of carbonyl (C=O) groups is 1. The second kappa shape index (κ2) is 6.64. The molecule has 1 N–H and O–H groups in total. The molecule has 128 valence electrons. The van der Waals surface area contributed by atoms with E-state index in [-0.39, 0.29) is 29.0 Å². The van der Waals surface area contributed by atoms with Crippen molar-refractivity contribution in [3.8, 4) is 11.4 Å². The zero-order valence-electron chi connectivity index (χ0n) is 13.3. The highest BCUT2D eigenvalue weighted by Gasteiger charge is 2.28. The van der Waals surface area contributed by atoms with Crippen LogP contribution in [0.2, 0.25) is 0 Å². The van der Waals surface area contributed by atoms with E-state index in [0.717, 1.165) is 5.69 Å². The van der Waals surface area contributed by atoms with Gasteiger partial charge in [-0.25, -0.2) is 13.1 Å². The molecule has 1 amide bonds. The Hall–Kier alpha value is -2.35. The maximum absolute atomic E-state index is 12.4. The van der Waals surface area contributed by atoms with Crippen molar-refractivity contribution in [3.05, 3.63) is 42.2 Å². The summed E-state index contributed by atoms with van der Waals surface area (Å²) >= 11 is 0. The molecule has 1 saturated heterocycles. The number of nitrogens with one attached hydrogen (secondary N) is 1. The van der Waals surface area contributed by atoms with Crippen LogP contribution >= 0.6 is 0 Å². The maximum atomic E-state index is 12.4. The average Bonchev–Trinajstić information content (AvgIpc) is 3.16. The third kappa shape index (κ3) is 3.59. The van der Waals surface area contributed by atoms with Crippen molar-refractivity contribution in [1.82, 2.24) is 15.1 Å². The van der Waals surface area contributed by atoms with E-state index < -0.39 is 9.84 Å². The van der Waals surface area contributed by atoms with Gasteiger partial charge in [0.1, 0.15) is 0 Å². The number of ether oxygens (including phenoxy) is 1. The second-order valence-electron chi connectivity index (χ2n) is 5.81. The van der Waals surface area contributed by atoms with E-state index in [1.165, 1.54) is 7.11 Å². The lowest BCUT2D eigenvalue weighted by Crippen LogP contribution is -2.30. The number of hydrogen-bond acceptors (Lipinski definition) is 5. The molecule has 8 heteroatoms. The van der Waals surface area contributed by atoms with Gasteiger partial charge in [0.2, 0.25) is 0 Å². The molecule has 2 heterocycles. The smallest absolute Gasteiger partial charge is 0.275 e. The number of rotatable bonds is 5. The van der Waals surface area contributed by atoms with Crippen molar-refractivity contribution in [1.29, 1.82) is 0 Å². The number of aromatic nitrogens is 2. The Balaban J connectivity index is 1.71. The molecule has 0 bridgehead atoms. The standard InChI is InChI=1S/C16H19N3O4S/c1-23-14-10-19(13-5-3-2-4-6-13)18-15(14)16(20)17-9-12-7-8-24(21,22)11-12/h2-6,10,12H,7-9,11H2,1H3,(H,17,20)/t12-/m0/s1. The van der Waals surface area contributed by atoms with Crippen LogP contribution in [0.5, 0.6) is 5.75 Å². The highest BCUT2D eigenvalue weighted by Crippen LogP contribution is 2.20. The van der Waals surface area contributed by atoms with E-state index in [4.69, 9.17) is 4.74 Å². The predicted octanol–water partition coefficient (Wildman–Crippen LogP) is 1.05. The fraction of sp³-hybridized carbons (Fsp3) is 0.375. The molecule has 0 radical (unpaired) electrons. The Labute approximate surface area is 140 Å². The average molecular weight is 349 g/mol. The number of para-hydroxylation sites is 1. The maximum Gasteiger partial charge on any atom is 0.275 e. The van der Waals surface area contributed by atoms with Crippen LogP contribution in [0.15, 0.2) is 36.5 Å². The van der Waals surface area contributed by atoms with Crippen molar-refractivity contribution in [3.63, 3.8) is 0 Å². The number of sulfone groups is 1. The summed E-state index contributed by atoms with van der Waals surface area (Å²) in [7, 11) is -1.47. The first-order valence-corrected chi connectivity index (χ1v) is 9.48. The molecule has 24 heavy (non-hydrogen) atoms. The highest BCUT2D eigenvalue weighted by molar-refractivity contribution is 7.91. The zero-order chi connectivity index (χ0) is 17.2. The molecule has 7 nitrogen and oxygen atoms in total. The molecule has 1 aromatic carbocycles. The fourth-order valence-corrected chi connectivity index (χ4v) is 4.59. The Morgan fingerprint density at radius 1 is 1.38 bits per heavy atom. The SMILES string of the molecule is COc1cn(-c2ccccc2)nc1C(=O)NC[C@@H]1CCS(=O)(=O)C1. The molecule has 1 aliphatic heterocycles. The van der Waals surface area contributed by atoms with Crippen LogP contribution in [0.1, 0.15) is 16.9 Å². The van der Waals surface area contributed by atoms with Crippen molar-refractivity contribution in [2.45, 2.75) is 6.42 Å². The Morgan fingerprint density at radius 3 is 2.75 bits per heavy atom.